The van der Waals surface area contributed by atoms with Gasteiger partial charge in [-0.25, -0.2) is 0 Å². The molecule has 0 spiro atoms. The molecule has 0 saturated carbocycles. The molecular weight excluding hydrogens is 242 g/mol. The zero-order valence-electron chi connectivity index (χ0n) is 11.1. The minimum absolute atomic E-state index is 0.987. The first-order chi connectivity index (χ1) is 9.92. The van der Waals surface area contributed by atoms with Crippen molar-refractivity contribution >= 4 is 17.0 Å². The third-order valence-corrected chi connectivity index (χ3v) is 3.88. The van der Waals surface area contributed by atoms with Gasteiger partial charge in [0.25, 0.3) is 0 Å². The number of aromatic amines is 1. The molecule has 0 fully saturated rings. The molecule has 0 atom stereocenters. The maximum Gasteiger partial charge on any atom is 0.0462 e. The molecule has 0 bridgehead atoms. The van der Waals surface area contributed by atoms with Crippen LogP contribution in [-0.2, 0) is 6.42 Å². The minimum Gasteiger partial charge on any atom is -0.355 e. The largest absolute Gasteiger partial charge is 0.355 e. The van der Waals surface area contributed by atoms with Gasteiger partial charge >= 0.3 is 0 Å². The standard InChI is InChI=1S/C19H15N/c1-3-7-14(8-4-1)15-11-12-19-17(13-15)16-9-5-2-6-10-18(16)20-19/h1-8,10-13,20H,9H2. The van der Waals surface area contributed by atoms with Gasteiger partial charge in [0.2, 0.25) is 0 Å². The van der Waals surface area contributed by atoms with Crippen molar-refractivity contribution in [3.05, 3.63) is 78.0 Å². The fraction of sp³-hybridized carbons (Fsp3) is 0.0526. The first kappa shape index (κ1) is 11.3. The van der Waals surface area contributed by atoms with Gasteiger partial charge in [-0.05, 0) is 41.3 Å². The van der Waals surface area contributed by atoms with Crippen molar-refractivity contribution in [2.24, 2.45) is 0 Å². The Morgan fingerprint density at radius 2 is 1.75 bits per heavy atom. The fourth-order valence-electron chi connectivity index (χ4n) is 2.86. The number of H-pyrrole nitrogens is 1. The Morgan fingerprint density at radius 3 is 2.65 bits per heavy atom. The molecule has 1 nitrogen and oxygen atoms in total. The number of rotatable bonds is 1. The molecular formula is C19H15N. The van der Waals surface area contributed by atoms with Crippen LogP contribution in [0.15, 0.2) is 66.8 Å². The first-order valence-corrected chi connectivity index (χ1v) is 6.95. The van der Waals surface area contributed by atoms with E-state index in [4.69, 9.17) is 0 Å². The zero-order chi connectivity index (χ0) is 13.4. The molecule has 1 heterocycles. The summed E-state index contributed by atoms with van der Waals surface area (Å²) in [5, 5.41) is 1.33. The Morgan fingerprint density at radius 1 is 0.850 bits per heavy atom. The molecule has 3 aromatic rings. The van der Waals surface area contributed by atoms with Crippen LogP contribution in [0, 0.1) is 0 Å². The molecule has 0 radical (unpaired) electrons. The molecule has 1 N–H and O–H groups in total. The predicted octanol–water partition coefficient (Wildman–Crippen LogP) is 4.96. The van der Waals surface area contributed by atoms with Crippen LogP contribution < -0.4 is 0 Å². The van der Waals surface area contributed by atoms with Crippen LogP contribution in [0.4, 0.5) is 0 Å². The molecule has 1 aliphatic carbocycles. The van der Waals surface area contributed by atoms with Gasteiger partial charge in [-0.1, -0.05) is 54.6 Å². The fourth-order valence-corrected chi connectivity index (χ4v) is 2.86. The van der Waals surface area contributed by atoms with E-state index in [1.54, 1.807) is 0 Å². The second-order valence-electron chi connectivity index (χ2n) is 5.14. The Balaban J connectivity index is 1.93. The summed E-state index contributed by atoms with van der Waals surface area (Å²) < 4.78 is 0. The van der Waals surface area contributed by atoms with E-state index in [1.807, 2.05) is 0 Å². The lowest BCUT2D eigenvalue weighted by molar-refractivity contribution is 1.27. The molecule has 0 unspecified atom stereocenters. The highest BCUT2D eigenvalue weighted by atomic mass is 14.7. The molecule has 0 amide bonds. The van der Waals surface area contributed by atoms with E-state index in [0.29, 0.717) is 0 Å². The SMILES string of the molecule is C1=CCc2c([nH]c3ccc(-c4ccccc4)cc23)C=C1. The highest BCUT2D eigenvalue weighted by Crippen LogP contribution is 2.30. The average Bonchev–Trinajstić information content (AvgIpc) is 2.69. The van der Waals surface area contributed by atoms with Gasteiger partial charge in [-0.15, -0.1) is 0 Å². The second-order valence-corrected chi connectivity index (χ2v) is 5.14. The number of allylic oxidation sites excluding steroid dienone is 3. The predicted molar refractivity (Wildman–Crippen MR) is 85.6 cm³/mol. The highest BCUT2D eigenvalue weighted by Gasteiger charge is 2.10. The third-order valence-electron chi connectivity index (χ3n) is 3.88. The third kappa shape index (κ3) is 1.79. The smallest absolute Gasteiger partial charge is 0.0462 e. The van der Waals surface area contributed by atoms with Crippen LogP contribution in [0.3, 0.4) is 0 Å². The van der Waals surface area contributed by atoms with Crippen molar-refractivity contribution in [1.29, 1.82) is 0 Å². The van der Waals surface area contributed by atoms with E-state index in [0.717, 1.165) is 6.42 Å². The summed E-state index contributed by atoms with van der Waals surface area (Å²) in [6.45, 7) is 0. The van der Waals surface area contributed by atoms with E-state index in [-0.39, 0.29) is 0 Å². The minimum atomic E-state index is 0.987. The summed E-state index contributed by atoms with van der Waals surface area (Å²) >= 11 is 0. The number of hydrogen-bond donors (Lipinski definition) is 1. The van der Waals surface area contributed by atoms with Crippen molar-refractivity contribution in [3.63, 3.8) is 0 Å². The molecule has 1 aromatic heterocycles. The highest BCUT2D eigenvalue weighted by molar-refractivity contribution is 5.91. The van der Waals surface area contributed by atoms with E-state index in [9.17, 15) is 0 Å². The second kappa shape index (κ2) is 4.53. The number of hydrogen-bond acceptors (Lipinski definition) is 0. The normalized spacial score (nSPS) is 13.4. The molecule has 0 saturated heterocycles. The lowest BCUT2D eigenvalue weighted by Gasteiger charge is -2.03. The van der Waals surface area contributed by atoms with E-state index in [2.05, 4.69) is 77.8 Å². The summed E-state index contributed by atoms with van der Waals surface area (Å²) in [7, 11) is 0. The van der Waals surface area contributed by atoms with Crippen molar-refractivity contribution in [1.82, 2.24) is 4.98 Å². The van der Waals surface area contributed by atoms with Gasteiger partial charge < -0.3 is 4.98 Å². The topological polar surface area (TPSA) is 15.8 Å². The van der Waals surface area contributed by atoms with Crippen LogP contribution in [0.2, 0.25) is 0 Å². The summed E-state index contributed by atoms with van der Waals surface area (Å²) in [5.74, 6) is 0. The van der Waals surface area contributed by atoms with E-state index < -0.39 is 0 Å². The first-order valence-electron chi connectivity index (χ1n) is 6.95. The quantitative estimate of drug-likeness (QED) is 0.634. The Labute approximate surface area is 118 Å². The van der Waals surface area contributed by atoms with Gasteiger partial charge in [0.1, 0.15) is 0 Å². The Kier molecular flexibility index (Phi) is 2.56. The average molecular weight is 257 g/mol. The molecule has 2 aromatic carbocycles. The van der Waals surface area contributed by atoms with E-state index >= 15 is 0 Å². The van der Waals surface area contributed by atoms with Crippen LogP contribution in [0.1, 0.15) is 11.3 Å². The molecule has 1 aliphatic rings. The van der Waals surface area contributed by atoms with Gasteiger partial charge in [-0.2, -0.15) is 0 Å². The molecule has 1 heteroatoms. The van der Waals surface area contributed by atoms with Crippen molar-refractivity contribution < 1.29 is 0 Å². The molecule has 20 heavy (non-hydrogen) atoms. The van der Waals surface area contributed by atoms with Crippen LogP contribution in [0.5, 0.6) is 0 Å². The van der Waals surface area contributed by atoms with Crippen LogP contribution in [0.25, 0.3) is 28.1 Å². The number of benzene rings is 2. The monoisotopic (exact) mass is 257 g/mol. The summed E-state index contributed by atoms with van der Waals surface area (Å²) in [6.07, 6.45) is 9.56. The van der Waals surface area contributed by atoms with Crippen LogP contribution >= 0.6 is 0 Å². The van der Waals surface area contributed by atoms with Crippen molar-refractivity contribution in [2.45, 2.75) is 6.42 Å². The summed E-state index contributed by atoms with van der Waals surface area (Å²) in [6, 6.07) is 17.2. The summed E-state index contributed by atoms with van der Waals surface area (Å²) in [5.41, 5.74) is 6.38. The van der Waals surface area contributed by atoms with Crippen molar-refractivity contribution in [3.8, 4) is 11.1 Å². The van der Waals surface area contributed by atoms with Crippen molar-refractivity contribution in [2.75, 3.05) is 0 Å². The molecule has 0 aliphatic heterocycles. The van der Waals surface area contributed by atoms with E-state index in [1.165, 1.54) is 33.3 Å². The Bertz CT molecular complexity index is 820. The summed E-state index contributed by atoms with van der Waals surface area (Å²) in [4.78, 5) is 3.51. The van der Waals surface area contributed by atoms with Gasteiger partial charge in [0.15, 0.2) is 0 Å². The molecule has 96 valence electrons. The number of fused-ring (bicyclic) bond motifs is 3. The zero-order valence-corrected chi connectivity index (χ0v) is 11.1. The molecule has 4 rings (SSSR count). The maximum absolute atomic E-state index is 3.51. The Hall–Kier alpha value is -2.54. The van der Waals surface area contributed by atoms with Gasteiger partial charge in [0.05, 0.1) is 0 Å². The lowest BCUT2D eigenvalue weighted by Crippen LogP contribution is -1.82. The number of nitrogens with one attached hydrogen (secondary N) is 1. The van der Waals surface area contributed by atoms with Gasteiger partial charge in [-0.3, -0.25) is 0 Å². The number of aromatic nitrogens is 1. The lowest BCUT2D eigenvalue weighted by atomic mass is 10.0. The van der Waals surface area contributed by atoms with Crippen LogP contribution in [-0.4, -0.2) is 4.98 Å². The maximum atomic E-state index is 3.51. The van der Waals surface area contributed by atoms with Gasteiger partial charge in [0, 0.05) is 16.6 Å².